The van der Waals surface area contributed by atoms with Crippen LogP contribution in [0.25, 0.3) is 0 Å². The molecule has 0 aliphatic heterocycles. The lowest BCUT2D eigenvalue weighted by Crippen LogP contribution is -2.47. The van der Waals surface area contributed by atoms with E-state index < -0.39 is 5.54 Å². The average molecular weight is 309 g/mol. The Morgan fingerprint density at radius 2 is 1.32 bits per heavy atom. The molecule has 0 spiro atoms. The van der Waals surface area contributed by atoms with E-state index in [1.165, 1.54) is 49.7 Å². The Labute approximate surface area is 135 Å². The minimum absolute atomic E-state index is 0.181. The van der Waals surface area contributed by atoms with E-state index in [4.69, 9.17) is 5.73 Å². The van der Waals surface area contributed by atoms with Gasteiger partial charge < -0.3 is 15.9 Å². The Hall–Kier alpha value is -0.900. The van der Waals surface area contributed by atoms with Crippen LogP contribution in [0.3, 0.4) is 0 Å². The van der Waals surface area contributed by atoms with Crippen LogP contribution in [0, 0.1) is 0 Å². The van der Waals surface area contributed by atoms with Crippen molar-refractivity contribution in [1.82, 2.24) is 0 Å². The first-order valence-corrected chi connectivity index (χ1v) is 8.72. The van der Waals surface area contributed by atoms with E-state index in [9.17, 15) is 10.2 Å². The van der Waals surface area contributed by atoms with Crippen molar-refractivity contribution in [2.24, 2.45) is 5.73 Å². The third-order valence-electron chi connectivity index (χ3n) is 4.38. The molecule has 0 aliphatic carbocycles. The van der Waals surface area contributed by atoms with Crippen LogP contribution in [0.4, 0.5) is 0 Å². The van der Waals surface area contributed by atoms with Crippen molar-refractivity contribution in [2.75, 3.05) is 13.2 Å². The molecule has 0 amide bonds. The number of aliphatic hydroxyl groups is 2. The number of nitrogens with two attached hydrogens (primary N) is 1. The second-order valence-corrected chi connectivity index (χ2v) is 6.51. The summed E-state index contributed by atoms with van der Waals surface area (Å²) in [6, 6.07) is 8.66. The van der Waals surface area contributed by atoms with Gasteiger partial charge in [-0.15, -0.1) is 0 Å². The van der Waals surface area contributed by atoms with Crippen LogP contribution in [-0.4, -0.2) is 29.0 Å². The predicted octanol–water partition coefficient (Wildman–Crippen LogP) is 3.20. The molecular weight excluding hydrogens is 276 g/mol. The summed E-state index contributed by atoms with van der Waals surface area (Å²) in [5.74, 6) is 0. The van der Waals surface area contributed by atoms with Gasteiger partial charge in [0.1, 0.15) is 0 Å². The lowest BCUT2D eigenvalue weighted by Gasteiger charge is -2.24. The van der Waals surface area contributed by atoms with Gasteiger partial charge in [0.05, 0.1) is 18.8 Å². The Balaban J connectivity index is 2.28. The number of unbranched alkanes of at least 4 members (excludes halogenated alkanes) is 5. The van der Waals surface area contributed by atoms with Crippen LogP contribution in [0.2, 0.25) is 0 Å². The van der Waals surface area contributed by atoms with Gasteiger partial charge in [0.25, 0.3) is 0 Å². The van der Waals surface area contributed by atoms with E-state index in [0.29, 0.717) is 6.42 Å². The number of benzene rings is 1. The zero-order valence-corrected chi connectivity index (χ0v) is 14.1. The normalized spacial score (nSPS) is 11.8. The van der Waals surface area contributed by atoms with E-state index in [0.717, 1.165) is 12.8 Å². The Kier molecular flexibility index (Phi) is 9.37. The van der Waals surface area contributed by atoms with Crippen LogP contribution < -0.4 is 5.73 Å². The molecule has 1 aromatic rings. The molecule has 3 nitrogen and oxygen atoms in total. The first-order chi connectivity index (χ1) is 10.6. The summed E-state index contributed by atoms with van der Waals surface area (Å²) in [5, 5.41) is 18.4. The Morgan fingerprint density at radius 1 is 0.818 bits per heavy atom. The minimum atomic E-state index is -0.864. The monoisotopic (exact) mass is 309 g/mol. The van der Waals surface area contributed by atoms with E-state index in [1.54, 1.807) is 0 Å². The molecule has 0 aromatic heterocycles. The third kappa shape index (κ3) is 7.39. The summed E-state index contributed by atoms with van der Waals surface area (Å²) in [7, 11) is 0. The molecule has 0 radical (unpaired) electrons. The van der Waals surface area contributed by atoms with E-state index in [-0.39, 0.29) is 13.2 Å². The standard InChI is InChI=1S/C19H33NO2/c1-2-3-4-5-6-7-8-17-9-11-18(12-10-17)13-14-19(20,15-21)16-22/h9-12,21-22H,2-8,13-16,20H2,1H3/i19+2. The second kappa shape index (κ2) is 10.8. The predicted molar refractivity (Wildman–Crippen MR) is 92.9 cm³/mol. The highest BCUT2D eigenvalue weighted by Gasteiger charge is 2.22. The highest BCUT2D eigenvalue weighted by Crippen LogP contribution is 2.14. The van der Waals surface area contributed by atoms with Gasteiger partial charge in [-0.3, -0.25) is 0 Å². The molecule has 0 bridgehead atoms. The largest absolute Gasteiger partial charge is 0.394 e. The molecule has 0 atom stereocenters. The molecule has 4 N–H and O–H groups in total. The van der Waals surface area contributed by atoms with Crippen molar-refractivity contribution in [3.63, 3.8) is 0 Å². The summed E-state index contributed by atoms with van der Waals surface area (Å²) < 4.78 is 0. The van der Waals surface area contributed by atoms with Gasteiger partial charge in [0.2, 0.25) is 0 Å². The lowest BCUT2D eigenvalue weighted by atomic mass is 10.0. The van der Waals surface area contributed by atoms with Crippen LogP contribution >= 0.6 is 0 Å². The van der Waals surface area contributed by atoms with Crippen molar-refractivity contribution in [3.05, 3.63) is 35.4 Å². The molecule has 3 heteroatoms. The quantitative estimate of drug-likeness (QED) is 0.519. The van der Waals surface area contributed by atoms with Crippen molar-refractivity contribution < 1.29 is 10.2 Å². The van der Waals surface area contributed by atoms with Crippen molar-refractivity contribution in [2.45, 2.75) is 70.3 Å². The molecule has 1 rings (SSSR count). The molecule has 22 heavy (non-hydrogen) atoms. The van der Waals surface area contributed by atoms with Crippen molar-refractivity contribution >= 4 is 0 Å². The molecule has 0 saturated heterocycles. The second-order valence-electron chi connectivity index (χ2n) is 6.51. The first kappa shape index (κ1) is 19.1. The van der Waals surface area contributed by atoms with E-state index >= 15 is 0 Å². The molecule has 0 unspecified atom stereocenters. The zero-order valence-electron chi connectivity index (χ0n) is 14.1. The topological polar surface area (TPSA) is 66.5 Å². The maximum Gasteiger partial charge on any atom is 0.0633 e. The molecule has 0 aliphatic rings. The summed E-state index contributed by atoms with van der Waals surface area (Å²) in [5.41, 5.74) is 7.63. The number of rotatable bonds is 12. The van der Waals surface area contributed by atoms with Crippen molar-refractivity contribution in [1.29, 1.82) is 0 Å². The highest BCUT2D eigenvalue weighted by atomic mass is 16.3. The highest BCUT2D eigenvalue weighted by molar-refractivity contribution is 5.23. The molecule has 0 saturated carbocycles. The summed E-state index contributed by atoms with van der Waals surface area (Å²) >= 11 is 0. The van der Waals surface area contributed by atoms with Crippen molar-refractivity contribution in [3.8, 4) is 0 Å². The fourth-order valence-electron chi connectivity index (χ4n) is 2.58. The average Bonchev–Trinajstić information content (AvgIpc) is 2.57. The van der Waals surface area contributed by atoms with Gasteiger partial charge in [0, 0.05) is 0 Å². The Morgan fingerprint density at radius 3 is 1.86 bits per heavy atom. The fourth-order valence-corrected chi connectivity index (χ4v) is 2.58. The Bertz CT molecular complexity index is 385. The number of aryl methyl sites for hydroxylation is 2. The molecule has 1 aromatic carbocycles. The summed E-state index contributed by atoms with van der Waals surface area (Å²) in [6.45, 7) is 1.89. The smallest absolute Gasteiger partial charge is 0.0633 e. The van der Waals surface area contributed by atoms with Gasteiger partial charge in [0.15, 0.2) is 0 Å². The molecular formula is C19H33NO2. The minimum Gasteiger partial charge on any atom is -0.394 e. The van der Waals surface area contributed by atoms with Crippen LogP contribution in [0.15, 0.2) is 24.3 Å². The molecule has 0 fully saturated rings. The lowest BCUT2D eigenvalue weighted by molar-refractivity contribution is 0.115. The van der Waals surface area contributed by atoms with E-state index in [2.05, 4.69) is 31.2 Å². The zero-order chi connectivity index (χ0) is 16.3. The summed E-state index contributed by atoms with van der Waals surface area (Å²) in [4.78, 5) is 0. The van der Waals surface area contributed by atoms with Gasteiger partial charge >= 0.3 is 0 Å². The van der Waals surface area contributed by atoms with Gasteiger partial charge in [-0.25, -0.2) is 0 Å². The molecule has 126 valence electrons. The van der Waals surface area contributed by atoms with Gasteiger partial charge in [-0.2, -0.15) is 0 Å². The number of hydrogen-bond acceptors (Lipinski definition) is 3. The third-order valence-corrected chi connectivity index (χ3v) is 4.38. The maximum atomic E-state index is 9.20. The van der Waals surface area contributed by atoms with Crippen LogP contribution in [0.5, 0.6) is 0 Å². The van der Waals surface area contributed by atoms with Crippen LogP contribution in [0.1, 0.15) is 63.0 Å². The van der Waals surface area contributed by atoms with Crippen LogP contribution in [-0.2, 0) is 12.8 Å². The van der Waals surface area contributed by atoms with Gasteiger partial charge in [-0.05, 0) is 36.8 Å². The van der Waals surface area contributed by atoms with E-state index in [1.807, 2.05) is 0 Å². The summed E-state index contributed by atoms with van der Waals surface area (Å²) in [6.07, 6.45) is 10.5. The fraction of sp³-hybridized carbons (Fsp3) is 0.684. The maximum absolute atomic E-state index is 9.20. The first-order valence-electron chi connectivity index (χ1n) is 8.72. The SMILES string of the molecule is CCCCCCCCc1ccc(CC[14C](N)(CO)CO)cc1. The number of aliphatic hydroxyl groups excluding tert-OH is 2. The molecule has 0 heterocycles. The van der Waals surface area contributed by atoms with Gasteiger partial charge in [-0.1, -0.05) is 63.3 Å². The number of hydrogen-bond donors (Lipinski definition) is 3.